The van der Waals surface area contributed by atoms with E-state index in [-0.39, 0.29) is 11.8 Å². The van der Waals surface area contributed by atoms with Crippen molar-refractivity contribution in [1.29, 1.82) is 0 Å². The van der Waals surface area contributed by atoms with E-state index in [9.17, 15) is 9.59 Å². The van der Waals surface area contributed by atoms with Crippen molar-refractivity contribution in [3.63, 3.8) is 0 Å². The molecule has 0 bridgehead atoms. The molecular weight excluding hydrogens is 499 g/mol. The molecule has 39 heavy (non-hydrogen) atoms. The second kappa shape index (κ2) is 12.4. The lowest BCUT2D eigenvalue weighted by Crippen LogP contribution is -2.53. The van der Waals surface area contributed by atoms with E-state index in [1.165, 1.54) is 0 Å². The van der Waals surface area contributed by atoms with Gasteiger partial charge in [0.05, 0.1) is 17.8 Å². The molecule has 1 atom stereocenters. The maximum atomic E-state index is 13.1. The molecule has 1 unspecified atom stereocenters. The maximum Gasteiger partial charge on any atom is 0.498 e. The SMILES string of the molecule is CC(C)C(NC(=O)OC(C)(C)C)C(=O)N1CCC(CCCOc2ncc(B3OC(C)(C)C(C)(C)O3)cn2)CC1. The highest BCUT2D eigenvalue weighted by Crippen LogP contribution is 2.36. The van der Waals surface area contributed by atoms with Crippen LogP contribution in [0.15, 0.2) is 12.4 Å². The Bertz CT molecular complexity index is 955. The van der Waals surface area contributed by atoms with Gasteiger partial charge in [0, 0.05) is 30.9 Å². The number of carbonyl (C=O) groups excluding carboxylic acids is 2. The first-order valence-corrected chi connectivity index (χ1v) is 14.2. The van der Waals surface area contributed by atoms with Crippen LogP contribution in [0.2, 0.25) is 0 Å². The fraction of sp³-hybridized carbons (Fsp3) is 0.786. The predicted molar refractivity (Wildman–Crippen MR) is 150 cm³/mol. The molecule has 11 heteroatoms. The van der Waals surface area contributed by atoms with E-state index >= 15 is 0 Å². The van der Waals surface area contributed by atoms with Crippen LogP contribution in [0.4, 0.5) is 4.79 Å². The summed E-state index contributed by atoms with van der Waals surface area (Å²) in [6, 6.07) is -0.256. The van der Waals surface area contributed by atoms with Gasteiger partial charge in [-0.1, -0.05) is 13.8 Å². The molecule has 3 heterocycles. The summed E-state index contributed by atoms with van der Waals surface area (Å²) in [6.07, 6.45) is 6.59. The van der Waals surface area contributed by atoms with Crippen molar-refractivity contribution in [1.82, 2.24) is 20.2 Å². The van der Waals surface area contributed by atoms with E-state index in [1.54, 1.807) is 33.2 Å². The van der Waals surface area contributed by atoms with Crippen LogP contribution in [0, 0.1) is 11.8 Å². The minimum atomic E-state index is -0.611. The number of ether oxygens (including phenoxy) is 2. The third-order valence-electron chi connectivity index (χ3n) is 7.69. The molecule has 1 N–H and O–H groups in total. The van der Waals surface area contributed by atoms with Crippen molar-refractivity contribution in [3.05, 3.63) is 12.4 Å². The lowest BCUT2D eigenvalue weighted by Gasteiger charge is -2.35. The number of rotatable bonds is 9. The van der Waals surface area contributed by atoms with Gasteiger partial charge in [-0.25, -0.2) is 14.8 Å². The van der Waals surface area contributed by atoms with Gasteiger partial charge in [-0.2, -0.15) is 0 Å². The first kappa shape index (κ1) is 31.1. The van der Waals surface area contributed by atoms with Crippen molar-refractivity contribution in [2.45, 2.75) is 111 Å². The highest BCUT2D eigenvalue weighted by molar-refractivity contribution is 6.61. The maximum absolute atomic E-state index is 13.1. The Morgan fingerprint density at radius 2 is 1.67 bits per heavy atom. The molecule has 3 rings (SSSR count). The lowest BCUT2D eigenvalue weighted by molar-refractivity contribution is -0.136. The van der Waals surface area contributed by atoms with Crippen LogP contribution in [-0.2, 0) is 18.8 Å². The molecule has 0 aromatic carbocycles. The fourth-order valence-corrected chi connectivity index (χ4v) is 4.62. The number of hydrogen-bond donors (Lipinski definition) is 1. The Labute approximate surface area is 234 Å². The van der Waals surface area contributed by atoms with Gasteiger partial charge in [0.25, 0.3) is 0 Å². The lowest BCUT2D eigenvalue weighted by atomic mass is 9.81. The second-order valence-electron chi connectivity index (χ2n) is 13.0. The van der Waals surface area contributed by atoms with Crippen molar-refractivity contribution in [2.24, 2.45) is 11.8 Å². The van der Waals surface area contributed by atoms with Gasteiger partial charge in [-0.15, -0.1) is 0 Å². The molecule has 10 nitrogen and oxygen atoms in total. The highest BCUT2D eigenvalue weighted by Gasteiger charge is 2.52. The summed E-state index contributed by atoms with van der Waals surface area (Å²) in [4.78, 5) is 35.9. The molecular formula is C28H47BN4O6. The third kappa shape index (κ3) is 8.54. The van der Waals surface area contributed by atoms with E-state index < -0.39 is 36.1 Å². The number of piperidine rings is 1. The minimum absolute atomic E-state index is 0.0342. The van der Waals surface area contributed by atoms with Crippen LogP contribution < -0.4 is 15.5 Å². The van der Waals surface area contributed by atoms with Gasteiger partial charge in [0.1, 0.15) is 11.6 Å². The smallest absolute Gasteiger partial charge is 0.463 e. The van der Waals surface area contributed by atoms with Crippen LogP contribution in [0.1, 0.15) is 88.0 Å². The Kier molecular flexibility index (Phi) is 9.91. The third-order valence-corrected chi connectivity index (χ3v) is 7.69. The van der Waals surface area contributed by atoms with E-state index in [4.69, 9.17) is 18.8 Å². The van der Waals surface area contributed by atoms with Crippen LogP contribution >= 0.6 is 0 Å². The summed E-state index contributed by atoms with van der Waals surface area (Å²) < 4.78 is 23.2. The molecule has 218 valence electrons. The second-order valence-corrected chi connectivity index (χ2v) is 13.0. The Morgan fingerprint density at radius 3 is 2.18 bits per heavy atom. The van der Waals surface area contributed by atoms with Gasteiger partial charge >= 0.3 is 19.2 Å². The monoisotopic (exact) mass is 546 g/mol. The zero-order valence-electron chi connectivity index (χ0n) is 25.2. The van der Waals surface area contributed by atoms with Gasteiger partial charge in [0.15, 0.2) is 0 Å². The number of amides is 2. The molecule has 0 saturated carbocycles. The topological polar surface area (TPSA) is 112 Å². The molecule has 1 aromatic rings. The first-order chi connectivity index (χ1) is 18.1. The van der Waals surface area contributed by atoms with Crippen LogP contribution in [0.25, 0.3) is 0 Å². The van der Waals surface area contributed by atoms with Gasteiger partial charge < -0.3 is 29.0 Å². The zero-order valence-corrected chi connectivity index (χ0v) is 25.2. The molecule has 0 spiro atoms. The molecule has 2 amide bonds. The number of alkyl carbamates (subject to hydrolysis) is 1. The van der Waals surface area contributed by atoms with Crippen molar-refractivity contribution >= 4 is 24.6 Å². The predicted octanol–water partition coefficient (Wildman–Crippen LogP) is 3.72. The molecule has 0 radical (unpaired) electrons. The average molecular weight is 547 g/mol. The van der Waals surface area contributed by atoms with Crippen LogP contribution in [0.3, 0.4) is 0 Å². The fourth-order valence-electron chi connectivity index (χ4n) is 4.62. The number of carbonyl (C=O) groups is 2. The molecule has 2 aliphatic heterocycles. The molecule has 2 saturated heterocycles. The van der Waals surface area contributed by atoms with E-state index in [2.05, 4.69) is 15.3 Å². The quantitative estimate of drug-likeness (QED) is 0.369. The van der Waals surface area contributed by atoms with Gasteiger partial charge in [-0.3, -0.25) is 4.79 Å². The Balaban J connectivity index is 1.37. The standard InChI is InChI=1S/C28H47BN4O6/c1-19(2)22(32-25(35)37-26(3,4)5)23(34)33-14-12-20(13-15-33)11-10-16-36-24-30-17-21(18-31-24)29-38-27(6,7)28(8,9)39-29/h17-20,22H,10-16H2,1-9H3,(H,32,35). The number of hydrogen-bond acceptors (Lipinski definition) is 8. The summed E-state index contributed by atoms with van der Waals surface area (Å²) in [7, 11) is -0.495. The summed E-state index contributed by atoms with van der Waals surface area (Å²) in [5, 5.41) is 2.77. The normalized spacial score (nSPS) is 20.2. The minimum Gasteiger partial charge on any atom is -0.463 e. The van der Waals surface area contributed by atoms with E-state index in [0.717, 1.165) is 31.1 Å². The first-order valence-electron chi connectivity index (χ1n) is 14.2. The average Bonchev–Trinajstić information content (AvgIpc) is 3.06. The molecule has 2 aliphatic rings. The van der Waals surface area contributed by atoms with Crippen molar-refractivity contribution < 1.29 is 28.4 Å². The Morgan fingerprint density at radius 1 is 1.10 bits per heavy atom. The number of nitrogens with zero attached hydrogens (tertiary/aromatic N) is 3. The zero-order chi connectivity index (χ0) is 29.0. The number of nitrogens with one attached hydrogen (secondary N) is 1. The summed E-state index contributed by atoms with van der Waals surface area (Å²) in [5.74, 6) is 0.451. The molecule has 2 fully saturated rings. The van der Waals surface area contributed by atoms with Gasteiger partial charge in [0.2, 0.25) is 5.91 Å². The van der Waals surface area contributed by atoms with Crippen LogP contribution in [-0.4, -0.2) is 76.5 Å². The van der Waals surface area contributed by atoms with E-state index in [0.29, 0.717) is 31.6 Å². The Hall–Kier alpha value is -2.40. The number of likely N-dealkylation sites (tertiary alicyclic amines) is 1. The largest absolute Gasteiger partial charge is 0.498 e. The van der Waals surface area contributed by atoms with Gasteiger partial charge in [-0.05, 0) is 86.0 Å². The van der Waals surface area contributed by atoms with Crippen molar-refractivity contribution in [3.8, 4) is 6.01 Å². The highest BCUT2D eigenvalue weighted by atomic mass is 16.7. The molecule has 1 aromatic heterocycles. The molecule has 0 aliphatic carbocycles. The summed E-state index contributed by atoms with van der Waals surface area (Å²) in [5.41, 5.74) is -0.670. The number of aromatic nitrogens is 2. The van der Waals surface area contributed by atoms with Crippen molar-refractivity contribution in [2.75, 3.05) is 19.7 Å². The summed E-state index contributed by atoms with van der Waals surface area (Å²) in [6.45, 7) is 19.2. The van der Waals surface area contributed by atoms with E-state index in [1.807, 2.05) is 46.4 Å². The summed E-state index contributed by atoms with van der Waals surface area (Å²) >= 11 is 0. The van der Waals surface area contributed by atoms with Crippen LogP contribution in [0.5, 0.6) is 6.01 Å².